The smallest absolute Gasteiger partial charge is 0.322 e. The summed E-state index contributed by atoms with van der Waals surface area (Å²) >= 11 is 12.0. The van der Waals surface area contributed by atoms with Gasteiger partial charge in [-0.15, -0.1) is 0 Å². The minimum Gasteiger partial charge on any atom is -0.334 e. The Morgan fingerprint density at radius 1 is 1.22 bits per heavy atom. The number of aromatic nitrogens is 2. The van der Waals surface area contributed by atoms with Gasteiger partial charge in [-0.3, -0.25) is 24.5 Å². The molecule has 2 heterocycles. The average molecular weight is 412 g/mol. The van der Waals surface area contributed by atoms with E-state index in [2.05, 4.69) is 10.00 Å². The first-order valence-electron chi connectivity index (χ1n) is 8.41. The molecule has 0 aliphatic carbocycles. The Kier molecular flexibility index (Phi) is 5.69. The second-order valence-corrected chi connectivity index (χ2v) is 7.29. The van der Waals surface area contributed by atoms with E-state index in [4.69, 9.17) is 23.2 Å². The largest absolute Gasteiger partial charge is 0.334 e. The molecule has 1 aliphatic heterocycles. The van der Waals surface area contributed by atoms with Gasteiger partial charge in [0, 0.05) is 39.8 Å². The molecule has 1 aliphatic rings. The van der Waals surface area contributed by atoms with E-state index in [9.17, 15) is 14.9 Å². The highest BCUT2D eigenvalue weighted by Gasteiger charge is 2.33. The Balaban J connectivity index is 1.65. The fourth-order valence-electron chi connectivity index (χ4n) is 3.11. The van der Waals surface area contributed by atoms with E-state index in [1.54, 1.807) is 24.9 Å². The molecule has 1 aromatic carbocycles. The van der Waals surface area contributed by atoms with Gasteiger partial charge in [-0.2, -0.15) is 5.10 Å². The molecule has 1 aromatic heterocycles. The zero-order chi connectivity index (χ0) is 19.7. The highest BCUT2D eigenvalue weighted by Crippen LogP contribution is 2.25. The first kappa shape index (κ1) is 19.6. The van der Waals surface area contributed by atoms with Crippen molar-refractivity contribution < 1.29 is 9.72 Å². The molecular formula is C17H19Cl2N5O3. The van der Waals surface area contributed by atoms with Crippen LogP contribution in [0.1, 0.15) is 21.7 Å². The van der Waals surface area contributed by atoms with Crippen molar-refractivity contribution in [3.63, 3.8) is 0 Å². The molecule has 0 N–H and O–H groups in total. The molecule has 1 amide bonds. The number of carbonyl (C=O) groups is 1. The fourth-order valence-corrected chi connectivity index (χ4v) is 3.44. The van der Waals surface area contributed by atoms with Gasteiger partial charge in [0.15, 0.2) is 0 Å². The number of piperazine rings is 1. The number of carbonyl (C=O) groups excluding carboxylic acids is 1. The molecule has 0 radical (unpaired) electrons. The van der Waals surface area contributed by atoms with Crippen molar-refractivity contribution >= 4 is 34.8 Å². The molecule has 0 saturated carbocycles. The van der Waals surface area contributed by atoms with Crippen molar-refractivity contribution in [3.05, 3.63) is 55.3 Å². The van der Waals surface area contributed by atoms with Crippen molar-refractivity contribution in [2.45, 2.75) is 13.5 Å². The predicted octanol–water partition coefficient (Wildman–Crippen LogP) is 2.90. The Hall–Kier alpha value is -2.16. The molecule has 3 rings (SSSR count). The zero-order valence-corrected chi connectivity index (χ0v) is 16.5. The van der Waals surface area contributed by atoms with Crippen LogP contribution in [0.3, 0.4) is 0 Å². The number of halogens is 2. The standard InChI is InChI=1S/C17H19Cl2N5O3/c1-11-16(24(26)27)15(20-21(11)2)17(25)23-7-5-22(6-8-23)10-12-3-4-13(18)14(19)9-12/h3-4,9H,5-8,10H2,1-2H3. The second kappa shape index (κ2) is 7.84. The lowest BCUT2D eigenvalue weighted by atomic mass is 10.2. The van der Waals surface area contributed by atoms with E-state index in [0.29, 0.717) is 48.5 Å². The van der Waals surface area contributed by atoms with Gasteiger partial charge in [-0.1, -0.05) is 29.3 Å². The quantitative estimate of drug-likeness (QED) is 0.570. The van der Waals surface area contributed by atoms with E-state index in [0.717, 1.165) is 5.56 Å². The van der Waals surface area contributed by atoms with Crippen molar-refractivity contribution in [1.29, 1.82) is 0 Å². The molecule has 144 valence electrons. The number of hydrogen-bond donors (Lipinski definition) is 0. The van der Waals surface area contributed by atoms with Crippen LogP contribution in [0.25, 0.3) is 0 Å². The van der Waals surface area contributed by atoms with Crippen LogP contribution in [0.4, 0.5) is 5.69 Å². The Morgan fingerprint density at radius 2 is 1.89 bits per heavy atom. The van der Waals surface area contributed by atoms with Crippen molar-refractivity contribution in [3.8, 4) is 0 Å². The maximum absolute atomic E-state index is 12.7. The summed E-state index contributed by atoms with van der Waals surface area (Å²) in [7, 11) is 1.59. The van der Waals surface area contributed by atoms with Crippen LogP contribution in [-0.4, -0.2) is 56.6 Å². The summed E-state index contributed by atoms with van der Waals surface area (Å²) in [6.45, 7) is 4.55. The van der Waals surface area contributed by atoms with E-state index in [1.807, 2.05) is 12.1 Å². The maximum atomic E-state index is 12.7. The number of nitrogens with zero attached hydrogens (tertiary/aromatic N) is 5. The Bertz CT molecular complexity index is 891. The topological polar surface area (TPSA) is 84.5 Å². The van der Waals surface area contributed by atoms with Crippen LogP contribution in [0.5, 0.6) is 0 Å². The summed E-state index contributed by atoms with van der Waals surface area (Å²) in [4.78, 5) is 27.3. The highest BCUT2D eigenvalue weighted by molar-refractivity contribution is 6.42. The van der Waals surface area contributed by atoms with Gasteiger partial charge in [0.1, 0.15) is 5.69 Å². The van der Waals surface area contributed by atoms with Gasteiger partial charge in [-0.05, 0) is 24.6 Å². The van der Waals surface area contributed by atoms with Crippen LogP contribution in [-0.2, 0) is 13.6 Å². The lowest BCUT2D eigenvalue weighted by Gasteiger charge is -2.34. The Labute approximate surface area is 166 Å². The van der Waals surface area contributed by atoms with Crippen molar-refractivity contribution in [2.24, 2.45) is 7.05 Å². The van der Waals surface area contributed by atoms with Crippen LogP contribution < -0.4 is 0 Å². The third-order valence-electron chi connectivity index (χ3n) is 4.74. The molecule has 10 heteroatoms. The monoisotopic (exact) mass is 411 g/mol. The number of hydrogen-bond acceptors (Lipinski definition) is 5. The van der Waals surface area contributed by atoms with Crippen LogP contribution in [0.2, 0.25) is 10.0 Å². The zero-order valence-electron chi connectivity index (χ0n) is 15.0. The normalized spacial score (nSPS) is 15.2. The summed E-state index contributed by atoms with van der Waals surface area (Å²) in [6.07, 6.45) is 0. The molecule has 0 atom stereocenters. The molecule has 0 unspecified atom stereocenters. The summed E-state index contributed by atoms with van der Waals surface area (Å²) in [5.41, 5.74) is 1.08. The van der Waals surface area contributed by atoms with Gasteiger partial charge in [0.05, 0.1) is 15.0 Å². The maximum Gasteiger partial charge on any atom is 0.322 e. The summed E-state index contributed by atoms with van der Waals surface area (Å²) in [6, 6.07) is 5.52. The average Bonchev–Trinajstić information content (AvgIpc) is 2.93. The second-order valence-electron chi connectivity index (χ2n) is 6.48. The highest BCUT2D eigenvalue weighted by atomic mass is 35.5. The minimum absolute atomic E-state index is 0.0991. The third kappa shape index (κ3) is 4.07. The SMILES string of the molecule is Cc1c([N+](=O)[O-])c(C(=O)N2CCN(Cc3ccc(Cl)c(Cl)c3)CC2)nn1C. The molecule has 2 aromatic rings. The number of amides is 1. The van der Waals surface area contributed by atoms with E-state index < -0.39 is 10.8 Å². The lowest BCUT2D eigenvalue weighted by molar-refractivity contribution is -0.385. The van der Waals surface area contributed by atoms with Crippen LogP contribution >= 0.6 is 23.2 Å². The molecule has 0 spiro atoms. The predicted molar refractivity (Wildman–Crippen MR) is 102 cm³/mol. The summed E-state index contributed by atoms with van der Waals surface area (Å²) < 4.78 is 1.37. The lowest BCUT2D eigenvalue weighted by Crippen LogP contribution is -2.48. The van der Waals surface area contributed by atoms with Gasteiger partial charge in [-0.25, -0.2) is 0 Å². The molecular weight excluding hydrogens is 393 g/mol. The van der Waals surface area contributed by atoms with Gasteiger partial charge < -0.3 is 4.90 Å². The van der Waals surface area contributed by atoms with E-state index in [-0.39, 0.29) is 11.4 Å². The van der Waals surface area contributed by atoms with E-state index in [1.165, 1.54) is 4.68 Å². The van der Waals surface area contributed by atoms with E-state index >= 15 is 0 Å². The van der Waals surface area contributed by atoms with Gasteiger partial charge in [0.2, 0.25) is 5.69 Å². The summed E-state index contributed by atoms with van der Waals surface area (Å²) in [5, 5.41) is 16.4. The summed E-state index contributed by atoms with van der Waals surface area (Å²) in [5.74, 6) is -0.403. The van der Waals surface area contributed by atoms with Crippen LogP contribution in [0, 0.1) is 17.0 Å². The third-order valence-corrected chi connectivity index (χ3v) is 5.48. The molecule has 8 nitrogen and oxygen atoms in total. The molecule has 1 saturated heterocycles. The van der Waals surface area contributed by atoms with Crippen LogP contribution in [0.15, 0.2) is 18.2 Å². The van der Waals surface area contributed by atoms with Crippen molar-refractivity contribution in [2.75, 3.05) is 26.2 Å². The number of nitro groups is 1. The van der Waals surface area contributed by atoms with Crippen molar-refractivity contribution in [1.82, 2.24) is 19.6 Å². The molecule has 1 fully saturated rings. The first-order valence-corrected chi connectivity index (χ1v) is 9.17. The number of aryl methyl sites for hydroxylation is 1. The molecule has 0 bridgehead atoms. The first-order chi connectivity index (χ1) is 12.8. The minimum atomic E-state index is -0.546. The van der Waals surface area contributed by atoms with Gasteiger partial charge in [0.25, 0.3) is 5.91 Å². The number of rotatable bonds is 4. The molecule has 27 heavy (non-hydrogen) atoms. The number of benzene rings is 1. The Morgan fingerprint density at radius 3 is 2.48 bits per heavy atom. The van der Waals surface area contributed by atoms with Gasteiger partial charge >= 0.3 is 5.69 Å². The fraction of sp³-hybridized carbons (Fsp3) is 0.412.